The number of halogens is 2. The molecule has 1 aliphatic heterocycles. The summed E-state index contributed by atoms with van der Waals surface area (Å²) in [6.07, 6.45) is 1.43. The van der Waals surface area contributed by atoms with Gasteiger partial charge in [0.05, 0.1) is 27.4 Å². The predicted molar refractivity (Wildman–Crippen MR) is 125 cm³/mol. The van der Waals surface area contributed by atoms with Crippen LogP contribution in [-0.4, -0.2) is 17.1 Å². The normalized spacial score (nSPS) is 16.3. The topological polar surface area (TPSA) is 60.7 Å². The number of benzene rings is 1. The van der Waals surface area contributed by atoms with E-state index < -0.39 is 17.8 Å². The summed E-state index contributed by atoms with van der Waals surface area (Å²) in [5, 5.41) is 2.09. The Morgan fingerprint density at radius 1 is 1.34 bits per heavy atom. The smallest absolute Gasteiger partial charge is 0.338 e. The van der Waals surface area contributed by atoms with Crippen LogP contribution in [-0.2, 0) is 9.53 Å². The molecule has 0 saturated carbocycles. The number of carbonyl (C=O) groups excluding carboxylic acids is 1. The number of thiophene rings is 1. The van der Waals surface area contributed by atoms with E-state index in [1.165, 1.54) is 34.1 Å². The summed E-state index contributed by atoms with van der Waals surface area (Å²) < 4.78 is 21.6. The summed E-state index contributed by atoms with van der Waals surface area (Å²) in [6.45, 7) is 5.91. The summed E-state index contributed by atoms with van der Waals surface area (Å²) >= 11 is 8.72. The zero-order chi connectivity index (χ0) is 23.0. The van der Waals surface area contributed by atoms with Crippen LogP contribution in [0.3, 0.4) is 0 Å². The molecule has 1 unspecified atom stereocenters. The molecule has 32 heavy (non-hydrogen) atoms. The van der Waals surface area contributed by atoms with Gasteiger partial charge in [-0.05, 0) is 42.5 Å². The van der Waals surface area contributed by atoms with E-state index in [-0.39, 0.29) is 33.2 Å². The average Bonchev–Trinajstić information content (AvgIpc) is 3.37. The number of rotatable bonds is 5. The Kier molecular flexibility index (Phi) is 6.46. The third kappa shape index (κ3) is 4.22. The fraction of sp³-hybridized carbons (Fsp3) is 0.261. The number of nitrogens with zero attached hydrogens (tertiary/aromatic N) is 2. The highest BCUT2D eigenvalue weighted by atomic mass is 35.5. The molecule has 3 aromatic rings. The van der Waals surface area contributed by atoms with Gasteiger partial charge >= 0.3 is 5.97 Å². The maximum absolute atomic E-state index is 14.3. The first-order valence-electron chi connectivity index (χ1n) is 9.95. The van der Waals surface area contributed by atoms with Crippen LogP contribution in [0.25, 0.3) is 6.08 Å². The first-order valence-corrected chi connectivity index (χ1v) is 12.0. The molecule has 1 aliphatic rings. The standard InChI is InChI=1S/C23H20ClFN2O3S2/c1-12(2)11-30-22(29)19-13(3)26-23-27(20(19)17-8-5-9-31-17)21(28)18(32-23)10-14-15(24)6-4-7-16(14)25/h4-10,12,20H,11H2,1-3H3/b18-10+. The van der Waals surface area contributed by atoms with Gasteiger partial charge in [-0.2, -0.15) is 0 Å². The molecule has 0 amide bonds. The molecule has 166 valence electrons. The fourth-order valence-electron chi connectivity index (χ4n) is 3.40. The molecule has 2 aromatic heterocycles. The van der Waals surface area contributed by atoms with E-state index in [2.05, 4.69) is 4.99 Å². The minimum atomic E-state index is -0.663. The van der Waals surface area contributed by atoms with Gasteiger partial charge in [0.1, 0.15) is 11.9 Å². The van der Waals surface area contributed by atoms with Crippen LogP contribution in [0.1, 0.15) is 37.3 Å². The Labute approximate surface area is 196 Å². The van der Waals surface area contributed by atoms with Crippen molar-refractivity contribution in [2.45, 2.75) is 26.8 Å². The Hall–Kier alpha value is -2.55. The second kappa shape index (κ2) is 9.13. The Morgan fingerprint density at radius 2 is 2.12 bits per heavy atom. The van der Waals surface area contributed by atoms with E-state index in [0.717, 1.165) is 16.2 Å². The number of aromatic nitrogens is 1. The van der Waals surface area contributed by atoms with Crippen LogP contribution in [0.2, 0.25) is 5.02 Å². The van der Waals surface area contributed by atoms with Gasteiger partial charge in [-0.1, -0.05) is 48.9 Å². The molecule has 0 radical (unpaired) electrons. The van der Waals surface area contributed by atoms with E-state index in [1.807, 2.05) is 31.4 Å². The van der Waals surface area contributed by atoms with Crippen LogP contribution in [0.4, 0.5) is 4.39 Å². The highest BCUT2D eigenvalue weighted by Crippen LogP contribution is 2.33. The summed E-state index contributed by atoms with van der Waals surface area (Å²) in [6, 6.07) is 7.43. The molecule has 0 spiro atoms. The van der Waals surface area contributed by atoms with Crippen molar-refractivity contribution in [1.29, 1.82) is 0 Å². The number of esters is 1. The third-order valence-electron chi connectivity index (χ3n) is 4.88. The van der Waals surface area contributed by atoms with Gasteiger partial charge in [-0.3, -0.25) is 9.36 Å². The monoisotopic (exact) mass is 490 g/mol. The summed E-state index contributed by atoms with van der Waals surface area (Å²) in [4.78, 5) is 32.2. The predicted octanol–water partition coefficient (Wildman–Crippen LogP) is 4.29. The lowest BCUT2D eigenvalue weighted by atomic mass is 10.0. The van der Waals surface area contributed by atoms with Gasteiger partial charge in [0, 0.05) is 10.4 Å². The number of hydrogen-bond donors (Lipinski definition) is 0. The van der Waals surface area contributed by atoms with E-state index in [0.29, 0.717) is 16.1 Å². The molecule has 1 aromatic carbocycles. The van der Waals surface area contributed by atoms with Crippen molar-refractivity contribution >= 4 is 46.3 Å². The molecule has 1 atom stereocenters. The van der Waals surface area contributed by atoms with Gasteiger partial charge in [0.25, 0.3) is 5.56 Å². The van der Waals surface area contributed by atoms with E-state index in [9.17, 15) is 14.0 Å². The molecule has 0 bridgehead atoms. The summed E-state index contributed by atoms with van der Waals surface area (Å²) in [7, 11) is 0. The quantitative estimate of drug-likeness (QED) is 0.501. The second-order valence-electron chi connectivity index (χ2n) is 7.72. The second-order valence-corrected chi connectivity index (χ2v) is 10.1. The van der Waals surface area contributed by atoms with Crippen LogP contribution < -0.4 is 14.9 Å². The van der Waals surface area contributed by atoms with Crippen molar-refractivity contribution < 1.29 is 13.9 Å². The van der Waals surface area contributed by atoms with Crippen LogP contribution in [0.5, 0.6) is 0 Å². The molecule has 3 heterocycles. The lowest BCUT2D eigenvalue weighted by Crippen LogP contribution is -2.39. The first kappa shape index (κ1) is 22.6. The Bertz CT molecular complexity index is 1370. The fourth-order valence-corrected chi connectivity index (χ4v) is 5.47. The highest BCUT2D eigenvalue weighted by Gasteiger charge is 2.34. The summed E-state index contributed by atoms with van der Waals surface area (Å²) in [5.74, 6) is -0.844. The van der Waals surface area contributed by atoms with E-state index >= 15 is 0 Å². The number of hydrogen-bond acceptors (Lipinski definition) is 6. The molecule has 0 N–H and O–H groups in total. The van der Waals surface area contributed by atoms with Crippen molar-refractivity contribution in [3.05, 3.63) is 88.0 Å². The number of allylic oxidation sites excluding steroid dienone is 1. The molecular weight excluding hydrogens is 471 g/mol. The Morgan fingerprint density at radius 3 is 2.78 bits per heavy atom. The maximum Gasteiger partial charge on any atom is 0.338 e. The minimum absolute atomic E-state index is 0.138. The summed E-state index contributed by atoms with van der Waals surface area (Å²) in [5.41, 5.74) is 0.595. The van der Waals surface area contributed by atoms with Crippen LogP contribution in [0.15, 0.2) is 56.8 Å². The van der Waals surface area contributed by atoms with Crippen molar-refractivity contribution in [3.8, 4) is 0 Å². The highest BCUT2D eigenvalue weighted by molar-refractivity contribution is 7.10. The SMILES string of the molecule is CC1=C(C(=O)OCC(C)C)C(c2cccs2)n2c(s/c(=C/c3c(F)cccc3Cl)c2=O)=N1. The zero-order valence-corrected chi connectivity index (χ0v) is 20.0. The number of carbonyl (C=O) groups is 1. The molecule has 0 aliphatic carbocycles. The molecule has 0 saturated heterocycles. The van der Waals surface area contributed by atoms with E-state index in [1.54, 1.807) is 13.0 Å². The van der Waals surface area contributed by atoms with Gasteiger partial charge in [0.15, 0.2) is 4.80 Å². The molecule has 9 heteroatoms. The zero-order valence-electron chi connectivity index (χ0n) is 17.6. The number of thiazole rings is 1. The van der Waals surface area contributed by atoms with Gasteiger partial charge in [-0.25, -0.2) is 14.2 Å². The van der Waals surface area contributed by atoms with E-state index in [4.69, 9.17) is 16.3 Å². The van der Waals surface area contributed by atoms with Crippen LogP contribution in [0, 0.1) is 11.7 Å². The molecular formula is C23H20ClFN2O3S2. The van der Waals surface area contributed by atoms with Gasteiger partial charge in [0.2, 0.25) is 0 Å². The number of ether oxygens (including phenoxy) is 1. The minimum Gasteiger partial charge on any atom is -0.462 e. The lowest BCUT2D eigenvalue weighted by Gasteiger charge is -2.23. The maximum atomic E-state index is 14.3. The molecule has 4 rings (SSSR count). The van der Waals surface area contributed by atoms with Crippen LogP contribution >= 0.6 is 34.3 Å². The third-order valence-corrected chi connectivity index (χ3v) is 7.11. The first-order chi connectivity index (χ1) is 15.3. The molecule has 5 nitrogen and oxygen atoms in total. The van der Waals surface area contributed by atoms with Gasteiger partial charge < -0.3 is 4.74 Å². The van der Waals surface area contributed by atoms with Gasteiger partial charge in [-0.15, -0.1) is 11.3 Å². The average molecular weight is 491 g/mol. The Balaban J connectivity index is 1.91. The molecule has 0 fully saturated rings. The van der Waals surface area contributed by atoms with Crippen molar-refractivity contribution in [3.63, 3.8) is 0 Å². The van der Waals surface area contributed by atoms with Crippen molar-refractivity contribution in [2.24, 2.45) is 10.9 Å². The largest absolute Gasteiger partial charge is 0.462 e. The number of fused-ring (bicyclic) bond motifs is 1. The van der Waals surface area contributed by atoms with Crippen molar-refractivity contribution in [2.75, 3.05) is 6.61 Å². The van der Waals surface area contributed by atoms with Crippen molar-refractivity contribution in [1.82, 2.24) is 4.57 Å². The lowest BCUT2D eigenvalue weighted by molar-refractivity contribution is -0.140.